The van der Waals surface area contributed by atoms with Gasteiger partial charge in [-0.25, -0.2) is 0 Å². The van der Waals surface area contributed by atoms with E-state index in [1.807, 2.05) is 31.2 Å². The summed E-state index contributed by atoms with van der Waals surface area (Å²) in [6, 6.07) is 9.98. The lowest BCUT2D eigenvalue weighted by Crippen LogP contribution is -2.18. The van der Waals surface area contributed by atoms with Crippen molar-refractivity contribution < 1.29 is 14.3 Å². The van der Waals surface area contributed by atoms with Gasteiger partial charge >= 0.3 is 0 Å². The summed E-state index contributed by atoms with van der Waals surface area (Å²) < 4.78 is 6.11. The number of nitrogens with zero attached hydrogens (tertiary/aromatic N) is 1. The average Bonchev–Trinajstić information content (AvgIpc) is 3.48. The molecule has 6 nitrogen and oxygen atoms in total. The number of aliphatic hydroxyl groups excluding tert-OH is 1. The van der Waals surface area contributed by atoms with Gasteiger partial charge in [0.2, 0.25) is 5.71 Å². The number of carbonyl (C=O) groups excluding carboxylic acids is 1. The van der Waals surface area contributed by atoms with E-state index in [1.165, 1.54) is 0 Å². The number of nitrogens with one attached hydrogen (secondary N) is 2. The Morgan fingerprint density at radius 3 is 2.66 bits per heavy atom. The van der Waals surface area contributed by atoms with Crippen molar-refractivity contribution in [2.75, 3.05) is 18.9 Å². The number of aliphatic hydroxyl groups is 1. The van der Waals surface area contributed by atoms with Crippen molar-refractivity contribution in [1.29, 1.82) is 0 Å². The van der Waals surface area contributed by atoms with E-state index in [9.17, 15) is 9.90 Å². The van der Waals surface area contributed by atoms with Crippen LogP contribution in [0.3, 0.4) is 0 Å². The van der Waals surface area contributed by atoms with E-state index in [0.29, 0.717) is 35.9 Å². The van der Waals surface area contributed by atoms with Crippen LogP contribution in [0.15, 0.2) is 34.7 Å². The number of hydrogen-bond acceptors (Lipinski definition) is 5. The summed E-state index contributed by atoms with van der Waals surface area (Å²) in [6.07, 6.45) is 2.51. The van der Waals surface area contributed by atoms with E-state index in [4.69, 9.17) is 9.40 Å². The van der Waals surface area contributed by atoms with Gasteiger partial charge in [-0.3, -0.25) is 4.79 Å². The minimum Gasteiger partial charge on any atom is -0.437 e. The fourth-order valence-electron chi connectivity index (χ4n) is 3.54. The predicted octanol–water partition coefficient (Wildman–Crippen LogP) is 4.22. The number of aromatic nitrogens is 1. The second-order valence-corrected chi connectivity index (χ2v) is 7.87. The van der Waals surface area contributed by atoms with Crippen molar-refractivity contribution in [2.45, 2.75) is 45.1 Å². The Bertz CT molecular complexity index is 1030. The summed E-state index contributed by atoms with van der Waals surface area (Å²) in [5.74, 6) is 1.59. The highest BCUT2D eigenvalue weighted by molar-refractivity contribution is 6.10. The van der Waals surface area contributed by atoms with Crippen LogP contribution in [-0.2, 0) is 0 Å². The molecule has 1 aliphatic carbocycles. The summed E-state index contributed by atoms with van der Waals surface area (Å²) in [7, 11) is 1.63. The van der Waals surface area contributed by atoms with Crippen LogP contribution in [0.25, 0.3) is 22.4 Å². The molecule has 1 amide bonds. The summed E-state index contributed by atoms with van der Waals surface area (Å²) in [4.78, 5) is 17.5. The van der Waals surface area contributed by atoms with E-state index in [-0.39, 0.29) is 12.0 Å². The number of anilines is 1. The SMILES string of the molecule is CNC(=O)c1c(-c2ccc(C)cc2)oc2nc(NCCC(C)O)c(C3CC3)cc12. The molecule has 0 bridgehead atoms. The van der Waals surface area contributed by atoms with Crippen molar-refractivity contribution in [1.82, 2.24) is 10.3 Å². The lowest BCUT2D eigenvalue weighted by atomic mass is 10.0. The van der Waals surface area contributed by atoms with Crippen LogP contribution in [0.1, 0.15) is 53.6 Å². The maximum Gasteiger partial charge on any atom is 0.255 e. The van der Waals surface area contributed by atoms with Crippen LogP contribution in [0.4, 0.5) is 5.82 Å². The van der Waals surface area contributed by atoms with Gasteiger partial charge < -0.3 is 20.2 Å². The maximum atomic E-state index is 12.7. The highest BCUT2D eigenvalue weighted by Gasteiger charge is 2.30. The second kappa shape index (κ2) is 7.87. The molecular formula is C23H27N3O3. The van der Waals surface area contributed by atoms with Crippen molar-refractivity contribution >= 4 is 22.8 Å². The van der Waals surface area contributed by atoms with Gasteiger partial charge in [0, 0.05) is 19.2 Å². The Labute approximate surface area is 170 Å². The zero-order chi connectivity index (χ0) is 20.5. The van der Waals surface area contributed by atoms with Gasteiger partial charge in [-0.1, -0.05) is 29.8 Å². The largest absolute Gasteiger partial charge is 0.437 e. The van der Waals surface area contributed by atoms with Crippen molar-refractivity contribution in [3.05, 3.63) is 47.0 Å². The summed E-state index contributed by atoms with van der Waals surface area (Å²) in [5.41, 5.74) is 4.08. The molecule has 1 aromatic carbocycles. The summed E-state index contributed by atoms with van der Waals surface area (Å²) >= 11 is 0. The zero-order valence-corrected chi connectivity index (χ0v) is 17.1. The van der Waals surface area contributed by atoms with Crippen molar-refractivity contribution in [3.63, 3.8) is 0 Å². The molecule has 6 heteroatoms. The Morgan fingerprint density at radius 1 is 1.31 bits per heavy atom. The minimum absolute atomic E-state index is 0.183. The molecule has 1 saturated carbocycles. The zero-order valence-electron chi connectivity index (χ0n) is 17.1. The molecule has 29 heavy (non-hydrogen) atoms. The molecule has 152 valence electrons. The molecular weight excluding hydrogens is 366 g/mol. The molecule has 0 radical (unpaired) electrons. The van der Waals surface area contributed by atoms with E-state index in [2.05, 4.69) is 16.7 Å². The molecule has 2 aromatic heterocycles. The second-order valence-electron chi connectivity index (χ2n) is 7.87. The molecule has 3 N–H and O–H groups in total. The van der Waals surface area contributed by atoms with Gasteiger partial charge in [-0.05, 0) is 50.7 Å². The van der Waals surface area contributed by atoms with Gasteiger partial charge in [0.05, 0.1) is 17.1 Å². The number of amides is 1. The van der Waals surface area contributed by atoms with Crippen LogP contribution in [0.5, 0.6) is 0 Å². The van der Waals surface area contributed by atoms with Crippen LogP contribution >= 0.6 is 0 Å². The molecule has 1 fully saturated rings. The molecule has 1 atom stereocenters. The van der Waals surface area contributed by atoms with Gasteiger partial charge in [-0.2, -0.15) is 4.98 Å². The summed E-state index contributed by atoms with van der Waals surface area (Å²) in [5, 5.41) is 16.4. The molecule has 0 saturated heterocycles. The Morgan fingerprint density at radius 2 is 2.03 bits per heavy atom. The van der Waals surface area contributed by atoms with Crippen LogP contribution in [0.2, 0.25) is 0 Å². The third kappa shape index (κ3) is 3.98. The molecule has 1 aliphatic rings. The number of fused-ring (bicyclic) bond motifs is 1. The number of pyridine rings is 1. The smallest absolute Gasteiger partial charge is 0.255 e. The number of rotatable bonds is 7. The quantitative estimate of drug-likeness (QED) is 0.559. The normalized spacial score (nSPS) is 14.8. The van der Waals surface area contributed by atoms with Gasteiger partial charge in [0.1, 0.15) is 11.6 Å². The monoisotopic (exact) mass is 393 g/mol. The predicted molar refractivity (Wildman–Crippen MR) is 114 cm³/mol. The Balaban J connectivity index is 1.84. The topological polar surface area (TPSA) is 87.4 Å². The molecule has 2 heterocycles. The Kier molecular flexibility index (Phi) is 5.28. The number of aryl methyl sites for hydroxylation is 1. The van der Waals surface area contributed by atoms with Crippen LogP contribution in [-0.4, -0.2) is 35.7 Å². The molecule has 0 aliphatic heterocycles. The first-order valence-corrected chi connectivity index (χ1v) is 10.2. The molecule has 3 aromatic rings. The van der Waals surface area contributed by atoms with E-state index in [1.54, 1.807) is 14.0 Å². The fourth-order valence-corrected chi connectivity index (χ4v) is 3.54. The van der Waals surface area contributed by atoms with E-state index < -0.39 is 0 Å². The highest BCUT2D eigenvalue weighted by Crippen LogP contribution is 2.45. The third-order valence-corrected chi connectivity index (χ3v) is 5.35. The first kappa shape index (κ1) is 19.5. The standard InChI is InChI=1S/C23H27N3O3/c1-13-4-6-16(7-5-13)20-19(22(28)24-3)18-12-17(15-8-9-15)21(26-23(18)29-20)25-11-10-14(2)27/h4-7,12,14-15,27H,8-11H2,1-3H3,(H,24,28)(H,25,26). The Hall–Kier alpha value is -2.86. The summed E-state index contributed by atoms with van der Waals surface area (Å²) in [6.45, 7) is 4.43. The number of furan rings is 1. The van der Waals surface area contributed by atoms with E-state index in [0.717, 1.165) is 40.7 Å². The van der Waals surface area contributed by atoms with Crippen molar-refractivity contribution in [3.8, 4) is 11.3 Å². The first-order chi connectivity index (χ1) is 14.0. The molecule has 0 spiro atoms. The lowest BCUT2D eigenvalue weighted by molar-refractivity contribution is 0.0964. The minimum atomic E-state index is -0.368. The molecule has 1 unspecified atom stereocenters. The van der Waals surface area contributed by atoms with Gasteiger partial charge in [0.25, 0.3) is 5.91 Å². The number of carbonyl (C=O) groups is 1. The number of hydrogen-bond donors (Lipinski definition) is 3. The fraction of sp³-hybridized carbons (Fsp3) is 0.391. The number of benzene rings is 1. The van der Waals surface area contributed by atoms with Crippen molar-refractivity contribution in [2.24, 2.45) is 0 Å². The third-order valence-electron chi connectivity index (χ3n) is 5.35. The first-order valence-electron chi connectivity index (χ1n) is 10.2. The maximum absolute atomic E-state index is 12.7. The lowest BCUT2D eigenvalue weighted by Gasteiger charge is -2.11. The van der Waals surface area contributed by atoms with Crippen LogP contribution in [0, 0.1) is 6.92 Å². The molecule has 4 rings (SSSR count). The highest BCUT2D eigenvalue weighted by atomic mass is 16.3. The van der Waals surface area contributed by atoms with Gasteiger partial charge in [-0.15, -0.1) is 0 Å². The average molecular weight is 393 g/mol. The van der Waals surface area contributed by atoms with E-state index >= 15 is 0 Å². The van der Waals surface area contributed by atoms with Crippen LogP contribution < -0.4 is 10.6 Å². The van der Waals surface area contributed by atoms with Gasteiger partial charge in [0.15, 0.2) is 0 Å².